The molecule has 1 N–H and O–H groups in total. The van der Waals surface area contributed by atoms with Gasteiger partial charge in [-0.3, -0.25) is 9.59 Å². The molecule has 0 aromatic carbocycles. The van der Waals surface area contributed by atoms with E-state index in [-0.39, 0.29) is 24.4 Å². The van der Waals surface area contributed by atoms with Gasteiger partial charge in [-0.2, -0.15) is 0 Å². The maximum absolute atomic E-state index is 13.0. The Labute approximate surface area is 163 Å². The summed E-state index contributed by atoms with van der Waals surface area (Å²) in [5, 5.41) is 7.40. The minimum atomic E-state index is -0.203. The van der Waals surface area contributed by atoms with Crippen LogP contribution in [0.3, 0.4) is 0 Å². The van der Waals surface area contributed by atoms with Crippen molar-refractivity contribution in [2.45, 2.75) is 51.4 Å². The van der Waals surface area contributed by atoms with Gasteiger partial charge in [-0.25, -0.2) is 4.98 Å². The lowest BCUT2D eigenvalue weighted by molar-refractivity contribution is -0.122. The topological polar surface area (TPSA) is 88.3 Å². The Bertz CT molecular complexity index is 785. The number of thioether (sulfide) groups is 1. The number of hydrogen-bond acceptors (Lipinski definition) is 6. The highest BCUT2D eigenvalue weighted by molar-refractivity contribution is 7.98. The molecule has 0 saturated heterocycles. The Hall–Kier alpha value is -2.35. The lowest BCUT2D eigenvalue weighted by atomic mass is 10.2. The van der Waals surface area contributed by atoms with E-state index in [0.29, 0.717) is 22.9 Å². The number of nitrogens with zero attached hydrogens (tertiary/aromatic N) is 3. The van der Waals surface area contributed by atoms with E-state index in [0.717, 1.165) is 17.0 Å². The minimum Gasteiger partial charge on any atom is -0.361 e. The van der Waals surface area contributed by atoms with Gasteiger partial charge in [-0.1, -0.05) is 5.16 Å². The van der Waals surface area contributed by atoms with Crippen LogP contribution in [0.4, 0.5) is 0 Å². The van der Waals surface area contributed by atoms with Crippen LogP contribution >= 0.6 is 11.8 Å². The molecule has 0 radical (unpaired) electrons. The first-order valence-corrected chi connectivity index (χ1v) is 9.90. The van der Waals surface area contributed by atoms with Crippen molar-refractivity contribution in [3.63, 3.8) is 0 Å². The predicted molar refractivity (Wildman–Crippen MR) is 105 cm³/mol. The molecule has 2 aromatic rings. The summed E-state index contributed by atoms with van der Waals surface area (Å²) >= 11 is 1.46. The van der Waals surface area contributed by atoms with Gasteiger partial charge in [-0.15, -0.1) is 11.8 Å². The maximum Gasteiger partial charge on any atom is 0.257 e. The van der Waals surface area contributed by atoms with Crippen LogP contribution in [0.5, 0.6) is 0 Å². The lowest BCUT2D eigenvalue weighted by Crippen LogP contribution is -2.42. The SMILES string of the molecule is CCN(CC(=O)NC(C)C)C(=O)c1cccnc1SCc1c(C)noc1C. The van der Waals surface area contributed by atoms with E-state index in [1.54, 1.807) is 18.3 Å². The third-order valence-electron chi connectivity index (χ3n) is 3.99. The van der Waals surface area contributed by atoms with E-state index < -0.39 is 0 Å². The molecule has 0 aliphatic carbocycles. The number of aromatic nitrogens is 2. The molecular weight excluding hydrogens is 364 g/mol. The van der Waals surface area contributed by atoms with E-state index in [4.69, 9.17) is 4.52 Å². The molecular formula is C19H26N4O3S. The molecule has 2 rings (SSSR count). The Kier molecular flexibility index (Phi) is 7.41. The monoisotopic (exact) mass is 390 g/mol. The van der Waals surface area contributed by atoms with Crippen molar-refractivity contribution in [1.29, 1.82) is 0 Å². The zero-order valence-corrected chi connectivity index (χ0v) is 17.2. The van der Waals surface area contributed by atoms with E-state index >= 15 is 0 Å². The summed E-state index contributed by atoms with van der Waals surface area (Å²) in [6.45, 7) is 9.86. The maximum atomic E-state index is 13.0. The molecule has 0 fully saturated rings. The number of nitrogens with one attached hydrogen (secondary N) is 1. The third-order valence-corrected chi connectivity index (χ3v) is 5.02. The minimum absolute atomic E-state index is 0.0242. The first kappa shape index (κ1) is 21.0. The van der Waals surface area contributed by atoms with Crippen molar-refractivity contribution in [2.75, 3.05) is 13.1 Å². The second-order valence-electron chi connectivity index (χ2n) is 6.49. The van der Waals surface area contributed by atoms with Crippen molar-refractivity contribution in [3.05, 3.63) is 40.9 Å². The van der Waals surface area contributed by atoms with Gasteiger partial charge in [0.2, 0.25) is 5.91 Å². The van der Waals surface area contributed by atoms with E-state index in [1.165, 1.54) is 16.7 Å². The van der Waals surface area contributed by atoms with Crippen LogP contribution in [0.25, 0.3) is 0 Å². The first-order valence-electron chi connectivity index (χ1n) is 8.91. The summed E-state index contributed by atoms with van der Waals surface area (Å²) in [4.78, 5) is 30.9. The summed E-state index contributed by atoms with van der Waals surface area (Å²) in [7, 11) is 0. The Morgan fingerprint density at radius 1 is 1.33 bits per heavy atom. The first-order chi connectivity index (χ1) is 12.8. The quantitative estimate of drug-likeness (QED) is 0.697. The van der Waals surface area contributed by atoms with Gasteiger partial charge in [0.05, 0.1) is 17.8 Å². The Morgan fingerprint density at radius 3 is 2.67 bits per heavy atom. The Balaban J connectivity index is 2.15. The number of aryl methyl sites for hydroxylation is 2. The zero-order valence-electron chi connectivity index (χ0n) is 16.4. The number of rotatable bonds is 8. The molecule has 2 heterocycles. The number of hydrogen-bond donors (Lipinski definition) is 1. The standard InChI is InChI=1S/C19H26N4O3S/c1-6-23(10-17(24)21-12(2)3)19(25)15-8-7-9-20-18(15)27-11-16-13(4)22-26-14(16)5/h7-9,12H,6,10-11H2,1-5H3,(H,21,24). The molecule has 0 bridgehead atoms. The number of amides is 2. The molecule has 0 spiro atoms. The van der Waals surface area contributed by atoms with Gasteiger partial charge >= 0.3 is 0 Å². The Morgan fingerprint density at radius 2 is 2.07 bits per heavy atom. The summed E-state index contributed by atoms with van der Waals surface area (Å²) < 4.78 is 5.19. The average Bonchev–Trinajstić information content (AvgIpc) is 2.95. The summed E-state index contributed by atoms with van der Waals surface area (Å²) in [5.41, 5.74) is 2.34. The molecule has 0 aliphatic rings. The summed E-state index contributed by atoms with van der Waals surface area (Å²) in [5.74, 6) is 1.00. The van der Waals surface area contributed by atoms with Gasteiger partial charge < -0.3 is 14.7 Å². The number of pyridine rings is 1. The highest BCUT2D eigenvalue weighted by Crippen LogP contribution is 2.27. The van der Waals surface area contributed by atoms with E-state index in [2.05, 4.69) is 15.5 Å². The van der Waals surface area contributed by atoms with Crippen molar-refractivity contribution in [3.8, 4) is 0 Å². The lowest BCUT2D eigenvalue weighted by Gasteiger charge is -2.22. The van der Waals surface area contributed by atoms with E-state index in [1.807, 2.05) is 34.6 Å². The van der Waals surface area contributed by atoms with Gasteiger partial charge in [0, 0.05) is 30.1 Å². The molecule has 7 nitrogen and oxygen atoms in total. The van der Waals surface area contributed by atoms with Crippen LogP contribution in [0, 0.1) is 13.8 Å². The predicted octanol–water partition coefficient (Wildman–Crippen LogP) is 2.97. The third kappa shape index (κ3) is 5.56. The van der Waals surface area contributed by atoms with Crippen molar-refractivity contribution in [1.82, 2.24) is 20.4 Å². The molecule has 27 heavy (non-hydrogen) atoms. The molecule has 0 atom stereocenters. The highest BCUT2D eigenvalue weighted by atomic mass is 32.2. The summed E-state index contributed by atoms with van der Waals surface area (Å²) in [6, 6.07) is 3.51. The molecule has 8 heteroatoms. The number of carbonyl (C=O) groups is 2. The van der Waals surface area contributed by atoms with Crippen molar-refractivity contribution < 1.29 is 14.1 Å². The fourth-order valence-corrected chi connectivity index (χ4v) is 3.70. The average molecular weight is 391 g/mol. The second kappa shape index (κ2) is 9.55. The molecule has 0 unspecified atom stereocenters. The fourth-order valence-electron chi connectivity index (χ4n) is 2.56. The highest BCUT2D eigenvalue weighted by Gasteiger charge is 2.21. The summed E-state index contributed by atoms with van der Waals surface area (Å²) in [6.07, 6.45) is 1.66. The molecule has 0 aliphatic heterocycles. The molecule has 0 saturated carbocycles. The zero-order chi connectivity index (χ0) is 20.0. The van der Waals surface area contributed by atoms with Gasteiger partial charge in [0.25, 0.3) is 5.91 Å². The second-order valence-corrected chi connectivity index (χ2v) is 7.45. The van der Waals surface area contributed by atoms with Crippen LogP contribution in [-0.2, 0) is 10.5 Å². The number of carbonyl (C=O) groups excluding carboxylic acids is 2. The van der Waals surface area contributed by atoms with Crippen molar-refractivity contribution in [2.24, 2.45) is 0 Å². The van der Waals surface area contributed by atoms with Gasteiger partial charge in [0.15, 0.2) is 0 Å². The van der Waals surface area contributed by atoms with Crippen LogP contribution in [0.1, 0.15) is 48.1 Å². The smallest absolute Gasteiger partial charge is 0.257 e. The van der Waals surface area contributed by atoms with Crippen LogP contribution in [0.2, 0.25) is 0 Å². The van der Waals surface area contributed by atoms with E-state index in [9.17, 15) is 9.59 Å². The van der Waals surface area contributed by atoms with Crippen LogP contribution in [-0.4, -0.2) is 46.0 Å². The van der Waals surface area contributed by atoms with Gasteiger partial charge in [0.1, 0.15) is 10.8 Å². The van der Waals surface area contributed by atoms with Crippen molar-refractivity contribution >= 4 is 23.6 Å². The largest absolute Gasteiger partial charge is 0.361 e. The molecule has 2 amide bonds. The fraction of sp³-hybridized carbons (Fsp3) is 0.474. The van der Waals surface area contributed by atoms with Crippen LogP contribution in [0.15, 0.2) is 27.9 Å². The normalized spacial score (nSPS) is 10.9. The molecule has 146 valence electrons. The molecule has 2 aromatic heterocycles. The number of likely N-dealkylation sites (N-methyl/N-ethyl adjacent to an activating group) is 1. The van der Waals surface area contributed by atoms with Gasteiger partial charge in [-0.05, 0) is 46.8 Å². The van der Waals surface area contributed by atoms with Crippen LogP contribution < -0.4 is 5.32 Å².